The molecule has 5 rings (SSSR count). The number of hydrogen-bond donors (Lipinski definition) is 1. The van der Waals surface area contributed by atoms with Crippen LogP contribution in [-0.4, -0.2) is 47.8 Å². The molecule has 1 aromatic heterocycles. The quantitative estimate of drug-likeness (QED) is 0.481. The van der Waals surface area contributed by atoms with Crippen molar-refractivity contribution < 1.29 is 9.53 Å². The number of amides is 1. The molecule has 6 nitrogen and oxygen atoms in total. The SMILES string of the molecule is CC(C)(C)c1ccc(-n2c(N3CCC(C(=O)NC4CCOC4)CC3)nc3cc(Cl)c(Cl)cc32)cc1. The minimum absolute atomic E-state index is 0.0136. The highest BCUT2D eigenvalue weighted by molar-refractivity contribution is 6.42. The van der Waals surface area contributed by atoms with Crippen LogP contribution in [0.15, 0.2) is 36.4 Å². The Balaban J connectivity index is 1.43. The van der Waals surface area contributed by atoms with E-state index < -0.39 is 0 Å². The van der Waals surface area contributed by atoms with Crippen LogP contribution in [0.3, 0.4) is 0 Å². The van der Waals surface area contributed by atoms with Crippen molar-refractivity contribution in [2.75, 3.05) is 31.2 Å². The van der Waals surface area contributed by atoms with E-state index in [2.05, 4.69) is 59.8 Å². The number of fused-ring (bicyclic) bond motifs is 1. The Kier molecular flexibility index (Phi) is 6.73. The molecule has 0 radical (unpaired) electrons. The van der Waals surface area contributed by atoms with E-state index in [0.29, 0.717) is 16.7 Å². The molecule has 1 atom stereocenters. The number of imidazole rings is 1. The van der Waals surface area contributed by atoms with Gasteiger partial charge in [0.25, 0.3) is 0 Å². The maximum atomic E-state index is 12.8. The highest BCUT2D eigenvalue weighted by Crippen LogP contribution is 2.35. The van der Waals surface area contributed by atoms with Gasteiger partial charge in [0.1, 0.15) is 0 Å². The molecule has 3 heterocycles. The van der Waals surface area contributed by atoms with Crippen LogP contribution in [0.2, 0.25) is 10.0 Å². The number of anilines is 1. The van der Waals surface area contributed by atoms with E-state index in [-0.39, 0.29) is 23.3 Å². The molecule has 0 spiro atoms. The van der Waals surface area contributed by atoms with Crippen molar-refractivity contribution in [2.45, 2.75) is 51.5 Å². The molecule has 0 bridgehead atoms. The number of carbonyl (C=O) groups is 1. The second kappa shape index (κ2) is 9.64. The normalized spacial score (nSPS) is 19.5. The van der Waals surface area contributed by atoms with Gasteiger partial charge in [-0.15, -0.1) is 0 Å². The number of rotatable bonds is 4. The van der Waals surface area contributed by atoms with E-state index in [9.17, 15) is 4.79 Å². The van der Waals surface area contributed by atoms with Crippen LogP contribution >= 0.6 is 23.2 Å². The standard InChI is InChI=1S/C27H32Cl2N4O2/c1-27(2,3)18-4-6-20(7-5-18)33-24-15-22(29)21(28)14-23(24)31-26(33)32-11-8-17(9-12-32)25(34)30-19-10-13-35-16-19/h4-7,14-15,17,19H,8-13,16H2,1-3H3,(H,30,34). The molecule has 2 fully saturated rings. The van der Waals surface area contributed by atoms with Gasteiger partial charge in [0.2, 0.25) is 11.9 Å². The number of halogens is 2. The maximum absolute atomic E-state index is 12.8. The molecule has 0 aliphatic carbocycles. The minimum atomic E-state index is 0.0136. The Morgan fingerprint density at radius 3 is 2.37 bits per heavy atom. The number of nitrogens with zero attached hydrogens (tertiary/aromatic N) is 3. The van der Waals surface area contributed by atoms with Crippen molar-refractivity contribution in [3.8, 4) is 5.69 Å². The summed E-state index contributed by atoms with van der Waals surface area (Å²) in [5.74, 6) is 1.01. The third-order valence-electron chi connectivity index (χ3n) is 7.10. The first-order valence-electron chi connectivity index (χ1n) is 12.3. The summed E-state index contributed by atoms with van der Waals surface area (Å²) in [6.07, 6.45) is 2.47. The number of piperidine rings is 1. The van der Waals surface area contributed by atoms with Crippen LogP contribution < -0.4 is 10.2 Å². The van der Waals surface area contributed by atoms with Gasteiger partial charge in [0, 0.05) is 31.3 Å². The lowest BCUT2D eigenvalue weighted by molar-refractivity contribution is -0.126. The average molecular weight is 515 g/mol. The molecule has 3 aromatic rings. The zero-order chi connectivity index (χ0) is 24.7. The van der Waals surface area contributed by atoms with Crippen LogP contribution in [0.5, 0.6) is 0 Å². The Morgan fingerprint density at radius 1 is 1.06 bits per heavy atom. The van der Waals surface area contributed by atoms with E-state index in [0.717, 1.165) is 61.6 Å². The monoisotopic (exact) mass is 514 g/mol. The van der Waals surface area contributed by atoms with Gasteiger partial charge < -0.3 is 15.0 Å². The smallest absolute Gasteiger partial charge is 0.223 e. The third kappa shape index (κ3) is 5.02. The summed E-state index contributed by atoms with van der Waals surface area (Å²) >= 11 is 12.7. The number of aromatic nitrogens is 2. The number of ether oxygens (including phenoxy) is 1. The van der Waals surface area contributed by atoms with Crippen LogP contribution in [0.25, 0.3) is 16.7 Å². The van der Waals surface area contributed by atoms with Crippen molar-refractivity contribution in [2.24, 2.45) is 5.92 Å². The minimum Gasteiger partial charge on any atom is -0.379 e. The molecular weight excluding hydrogens is 483 g/mol. The summed E-state index contributed by atoms with van der Waals surface area (Å²) < 4.78 is 7.55. The first-order valence-corrected chi connectivity index (χ1v) is 13.1. The van der Waals surface area contributed by atoms with Crippen LogP contribution in [-0.2, 0) is 14.9 Å². The van der Waals surface area contributed by atoms with Crippen LogP contribution in [0, 0.1) is 5.92 Å². The van der Waals surface area contributed by atoms with Crippen molar-refractivity contribution in [3.63, 3.8) is 0 Å². The predicted molar refractivity (Wildman–Crippen MR) is 142 cm³/mol. The molecule has 1 N–H and O–H groups in total. The Morgan fingerprint density at radius 2 is 1.74 bits per heavy atom. The average Bonchev–Trinajstić information content (AvgIpc) is 3.47. The summed E-state index contributed by atoms with van der Waals surface area (Å²) in [5, 5.41) is 4.15. The topological polar surface area (TPSA) is 59.4 Å². The number of benzene rings is 2. The fraction of sp³-hybridized carbons (Fsp3) is 0.481. The molecule has 2 saturated heterocycles. The molecule has 2 aliphatic rings. The zero-order valence-corrected chi connectivity index (χ0v) is 22.0. The van der Waals surface area contributed by atoms with E-state index in [1.54, 1.807) is 0 Å². The largest absolute Gasteiger partial charge is 0.379 e. The predicted octanol–water partition coefficient (Wildman–Crippen LogP) is 5.75. The van der Waals surface area contributed by atoms with Crippen molar-refractivity contribution in [1.82, 2.24) is 14.9 Å². The lowest BCUT2D eigenvalue weighted by Gasteiger charge is -2.33. The van der Waals surface area contributed by atoms with Gasteiger partial charge in [-0.2, -0.15) is 0 Å². The molecule has 1 unspecified atom stereocenters. The summed E-state index contributed by atoms with van der Waals surface area (Å²) in [6.45, 7) is 9.48. The molecule has 8 heteroatoms. The zero-order valence-electron chi connectivity index (χ0n) is 20.5. The molecule has 2 aliphatic heterocycles. The first-order chi connectivity index (χ1) is 16.7. The van der Waals surface area contributed by atoms with Crippen molar-refractivity contribution >= 4 is 46.1 Å². The lowest BCUT2D eigenvalue weighted by Crippen LogP contribution is -2.44. The van der Waals surface area contributed by atoms with Crippen molar-refractivity contribution in [3.05, 3.63) is 52.0 Å². The Labute approximate surface area is 216 Å². The van der Waals surface area contributed by atoms with Crippen LogP contribution in [0.4, 0.5) is 5.95 Å². The van der Waals surface area contributed by atoms with Gasteiger partial charge in [-0.3, -0.25) is 9.36 Å². The van der Waals surface area contributed by atoms with Crippen LogP contribution in [0.1, 0.15) is 45.6 Å². The second-order valence-electron chi connectivity index (χ2n) is 10.6. The van der Waals surface area contributed by atoms with Gasteiger partial charge in [-0.25, -0.2) is 4.98 Å². The van der Waals surface area contributed by atoms with E-state index in [1.807, 2.05) is 12.1 Å². The fourth-order valence-electron chi connectivity index (χ4n) is 4.95. The maximum Gasteiger partial charge on any atom is 0.223 e. The number of nitrogens with one attached hydrogen (secondary N) is 1. The van der Waals surface area contributed by atoms with E-state index in [1.165, 1.54) is 5.56 Å². The fourth-order valence-corrected chi connectivity index (χ4v) is 5.26. The summed E-state index contributed by atoms with van der Waals surface area (Å²) in [5.41, 5.74) is 4.08. The Hall–Kier alpha value is -2.28. The van der Waals surface area contributed by atoms with Crippen molar-refractivity contribution in [1.29, 1.82) is 0 Å². The van der Waals surface area contributed by atoms with Gasteiger partial charge >= 0.3 is 0 Å². The van der Waals surface area contributed by atoms with E-state index in [4.69, 9.17) is 32.9 Å². The second-order valence-corrected chi connectivity index (χ2v) is 11.4. The number of hydrogen-bond acceptors (Lipinski definition) is 4. The molecule has 1 amide bonds. The third-order valence-corrected chi connectivity index (χ3v) is 7.82. The Bertz CT molecular complexity index is 1220. The highest BCUT2D eigenvalue weighted by atomic mass is 35.5. The molecule has 2 aromatic carbocycles. The lowest BCUT2D eigenvalue weighted by atomic mass is 9.87. The number of carbonyl (C=O) groups excluding carboxylic acids is 1. The molecular formula is C27H32Cl2N4O2. The molecule has 35 heavy (non-hydrogen) atoms. The summed E-state index contributed by atoms with van der Waals surface area (Å²) in [6, 6.07) is 12.5. The van der Waals surface area contributed by atoms with Gasteiger partial charge in [-0.05, 0) is 54.5 Å². The van der Waals surface area contributed by atoms with Gasteiger partial charge in [-0.1, -0.05) is 56.1 Å². The van der Waals surface area contributed by atoms with Gasteiger partial charge in [0.05, 0.1) is 33.7 Å². The molecule has 186 valence electrons. The highest BCUT2D eigenvalue weighted by Gasteiger charge is 2.30. The van der Waals surface area contributed by atoms with E-state index >= 15 is 0 Å². The molecule has 0 saturated carbocycles. The summed E-state index contributed by atoms with van der Waals surface area (Å²) in [7, 11) is 0. The first kappa shape index (κ1) is 24.4. The summed E-state index contributed by atoms with van der Waals surface area (Å²) in [4.78, 5) is 20.0. The van der Waals surface area contributed by atoms with Gasteiger partial charge in [0.15, 0.2) is 0 Å².